The van der Waals surface area contributed by atoms with Gasteiger partial charge < -0.3 is 20.1 Å². The van der Waals surface area contributed by atoms with Crippen LogP contribution in [0.15, 0.2) is 48.7 Å². The van der Waals surface area contributed by atoms with E-state index in [1.165, 1.54) is 0 Å². The Hall–Kier alpha value is -3.28. The van der Waals surface area contributed by atoms with E-state index >= 15 is 0 Å². The fraction of sp³-hybridized carbons (Fsp3) is 0.238. The molecule has 1 aromatic heterocycles. The number of para-hydroxylation sites is 1. The van der Waals surface area contributed by atoms with Crippen LogP contribution >= 0.6 is 0 Å². The number of hydrogen-bond donors (Lipinski definition) is 3. The number of carboxylic acids is 1. The summed E-state index contributed by atoms with van der Waals surface area (Å²) in [4.78, 5) is 26.9. The van der Waals surface area contributed by atoms with Crippen LogP contribution in [-0.2, 0) is 16.0 Å². The van der Waals surface area contributed by atoms with Crippen molar-refractivity contribution < 1.29 is 19.4 Å². The summed E-state index contributed by atoms with van der Waals surface area (Å²) in [5, 5.41) is 13.0. The quantitative estimate of drug-likeness (QED) is 0.599. The fourth-order valence-electron chi connectivity index (χ4n) is 2.98. The lowest BCUT2D eigenvalue weighted by Crippen LogP contribution is -2.44. The zero-order valence-electron chi connectivity index (χ0n) is 15.3. The van der Waals surface area contributed by atoms with E-state index in [0.29, 0.717) is 5.75 Å². The zero-order valence-corrected chi connectivity index (χ0v) is 15.3. The minimum atomic E-state index is -1.08. The van der Waals surface area contributed by atoms with Gasteiger partial charge in [-0.05, 0) is 42.7 Å². The van der Waals surface area contributed by atoms with E-state index in [0.717, 1.165) is 27.6 Å². The first-order chi connectivity index (χ1) is 13.0. The van der Waals surface area contributed by atoms with Crippen LogP contribution < -0.4 is 10.1 Å². The number of nitrogens with one attached hydrogen (secondary N) is 2. The average Bonchev–Trinajstić information content (AvgIpc) is 3.05. The average molecular weight is 366 g/mol. The van der Waals surface area contributed by atoms with E-state index < -0.39 is 17.9 Å². The summed E-state index contributed by atoms with van der Waals surface area (Å²) < 4.78 is 5.55. The van der Waals surface area contributed by atoms with Crippen LogP contribution in [0.4, 0.5) is 0 Å². The monoisotopic (exact) mass is 366 g/mol. The number of hydrogen-bond acceptors (Lipinski definition) is 3. The second-order valence-electron chi connectivity index (χ2n) is 6.51. The predicted molar refractivity (Wildman–Crippen MR) is 103 cm³/mol. The van der Waals surface area contributed by atoms with Gasteiger partial charge in [-0.3, -0.25) is 4.79 Å². The van der Waals surface area contributed by atoms with Crippen molar-refractivity contribution in [2.75, 3.05) is 6.61 Å². The Morgan fingerprint density at radius 1 is 1.15 bits per heavy atom. The third-order valence-electron chi connectivity index (χ3n) is 4.65. The maximum atomic E-state index is 12.2. The molecule has 0 aliphatic rings. The second-order valence-corrected chi connectivity index (χ2v) is 6.51. The van der Waals surface area contributed by atoms with Crippen LogP contribution in [0, 0.1) is 13.8 Å². The Bertz CT molecular complexity index is 977. The van der Waals surface area contributed by atoms with Gasteiger partial charge in [0.05, 0.1) is 0 Å². The number of H-pyrrole nitrogens is 1. The number of benzene rings is 2. The summed E-state index contributed by atoms with van der Waals surface area (Å²) in [7, 11) is 0. The van der Waals surface area contributed by atoms with Crippen LogP contribution in [0.2, 0.25) is 0 Å². The van der Waals surface area contributed by atoms with Crippen molar-refractivity contribution in [1.29, 1.82) is 0 Å². The van der Waals surface area contributed by atoms with Crippen LogP contribution in [0.1, 0.15) is 16.7 Å². The molecule has 3 rings (SSSR count). The van der Waals surface area contributed by atoms with Gasteiger partial charge in [-0.1, -0.05) is 30.3 Å². The maximum absolute atomic E-state index is 12.2. The highest BCUT2D eigenvalue weighted by Gasteiger charge is 2.22. The van der Waals surface area contributed by atoms with Gasteiger partial charge in [-0.15, -0.1) is 0 Å². The summed E-state index contributed by atoms with van der Waals surface area (Å²) in [6, 6.07) is 12.2. The lowest BCUT2D eigenvalue weighted by atomic mass is 10.1. The normalized spacial score (nSPS) is 11.9. The third-order valence-corrected chi connectivity index (χ3v) is 4.65. The number of amides is 1. The molecule has 0 saturated heterocycles. The number of aromatic amines is 1. The van der Waals surface area contributed by atoms with Crippen molar-refractivity contribution in [1.82, 2.24) is 10.3 Å². The van der Waals surface area contributed by atoms with Crippen molar-refractivity contribution in [3.05, 3.63) is 65.4 Å². The number of rotatable bonds is 7. The second kappa shape index (κ2) is 7.95. The van der Waals surface area contributed by atoms with Gasteiger partial charge in [0, 0.05) is 23.5 Å². The molecule has 0 bridgehead atoms. The largest absolute Gasteiger partial charge is 0.483 e. The number of ether oxygens (including phenoxy) is 1. The summed E-state index contributed by atoms with van der Waals surface area (Å²) in [6.07, 6.45) is 1.97. The molecule has 0 spiro atoms. The molecule has 6 nitrogen and oxygen atoms in total. The third kappa shape index (κ3) is 4.28. The summed E-state index contributed by atoms with van der Waals surface area (Å²) >= 11 is 0. The molecular weight excluding hydrogens is 344 g/mol. The number of carbonyl (C=O) groups excluding carboxylic acids is 1. The Morgan fingerprint density at radius 2 is 1.93 bits per heavy atom. The number of fused-ring (bicyclic) bond motifs is 1. The molecule has 2 aromatic carbocycles. The van der Waals surface area contributed by atoms with Crippen molar-refractivity contribution in [3.8, 4) is 5.75 Å². The van der Waals surface area contributed by atoms with E-state index in [-0.39, 0.29) is 13.0 Å². The molecule has 1 amide bonds. The van der Waals surface area contributed by atoms with Crippen LogP contribution in [0.25, 0.3) is 10.9 Å². The molecule has 0 aliphatic carbocycles. The molecule has 0 unspecified atom stereocenters. The maximum Gasteiger partial charge on any atom is 0.326 e. The summed E-state index contributed by atoms with van der Waals surface area (Å²) in [6.45, 7) is 3.64. The Labute approximate surface area is 157 Å². The predicted octanol–water partition coefficient (Wildman–Crippen LogP) is 2.98. The van der Waals surface area contributed by atoms with Crippen LogP contribution in [0.3, 0.4) is 0 Å². The highest BCUT2D eigenvalue weighted by atomic mass is 16.5. The minimum absolute atomic E-state index is 0.189. The van der Waals surface area contributed by atoms with Gasteiger partial charge in [0.25, 0.3) is 5.91 Å². The molecule has 1 heterocycles. The van der Waals surface area contributed by atoms with Crippen molar-refractivity contribution in [3.63, 3.8) is 0 Å². The Balaban J connectivity index is 1.64. The van der Waals surface area contributed by atoms with Crippen LogP contribution in [-0.4, -0.2) is 34.6 Å². The first-order valence-electron chi connectivity index (χ1n) is 8.72. The smallest absolute Gasteiger partial charge is 0.326 e. The number of carbonyl (C=O) groups is 2. The first-order valence-corrected chi connectivity index (χ1v) is 8.72. The zero-order chi connectivity index (χ0) is 19.4. The Kier molecular flexibility index (Phi) is 5.45. The van der Waals surface area contributed by atoms with Gasteiger partial charge in [0.15, 0.2) is 6.61 Å². The van der Waals surface area contributed by atoms with Gasteiger partial charge in [0.2, 0.25) is 0 Å². The summed E-state index contributed by atoms with van der Waals surface area (Å²) in [5.74, 6) is -0.933. The SMILES string of the molecule is Cc1cccc(OCC(=O)N[C@H](Cc2c[nH]c3ccccc23)C(=O)O)c1C. The van der Waals surface area contributed by atoms with Crippen molar-refractivity contribution >= 4 is 22.8 Å². The first kappa shape index (κ1) is 18.5. The molecule has 0 saturated carbocycles. The molecule has 3 N–H and O–H groups in total. The number of aromatic nitrogens is 1. The number of aryl methyl sites for hydroxylation is 1. The van der Waals surface area contributed by atoms with E-state index in [9.17, 15) is 14.7 Å². The number of carboxylic acid groups (broad SMARTS) is 1. The van der Waals surface area contributed by atoms with Crippen molar-refractivity contribution in [2.24, 2.45) is 0 Å². The molecule has 27 heavy (non-hydrogen) atoms. The molecular formula is C21H22N2O4. The fourth-order valence-corrected chi connectivity index (χ4v) is 2.98. The highest BCUT2D eigenvalue weighted by molar-refractivity contribution is 5.87. The lowest BCUT2D eigenvalue weighted by Gasteiger charge is -2.15. The highest BCUT2D eigenvalue weighted by Crippen LogP contribution is 2.21. The molecule has 1 atom stereocenters. The van der Waals surface area contributed by atoms with E-state index in [1.807, 2.05) is 50.2 Å². The lowest BCUT2D eigenvalue weighted by molar-refractivity contribution is -0.142. The molecule has 140 valence electrons. The Morgan fingerprint density at radius 3 is 2.70 bits per heavy atom. The van der Waals surface area contributed by atoms with E-state index in [1.54, 1.807) is 12.3 Å². The molecule has 0 radical (unpaired) electrons. The topological polar surface area (TPSA) is 91.4 Å². The molecule has 0 fully saturated rings. The molecule has 3 aromatic rings. The minimum Gasteiger partial charge on any atom is -0.483 e. The summed E-state index contributed by atoms with van der Waals surface area (Å²) in [5.41, 5.74) is 3.80. The van der Waals surface area contributed by atoms with Crippen molar-refractivity contribution in [2.45, 2.75) is 26.3 Å². The number of aliphatic carboxylic acids is 1. The van der Waals surface area contributed by atoms with Crippen LogP contribution in [0.5, 0.6) is 5.75 Å². The van der Waals surface area contributed by atoms with Gasteiger partial charge in [-0.25, -0.2) is 4.79 Å². The van der Waals surface area contributed by atoms with Gasteiger partial charge >= 0.3 is 5.97 Å². The van der Waals surface area contributed by atoms with Gasteiger partial charge in [-0.2, -0.15) is 0 Å². The van der Waals surface area contributed by atoms with Gasteiger partial charge in [0.1, 0.15) is 11.8 Å². The molecule has 6 heteroatoms. The van der Waals surface area contributed by atoms with E-state index in [4.69, 9.17) is 4.74 Å². The molecule has 0 aliphatic heterocycles. The van der Waals surface area contributed by atoms with E-state index in [2.05, 4.69) is 10.3 Å². The standard InChI is InChI=1S/C21H22N2O4/c1-13-6-5-9-19(14(13)2)27-12-20(24)23-18(21(25)26)10-15-11-22-17-8-4-3-7-16(15)17/h3-9,11,18,22H,10,12H2,1-2H3,(H,23,24)(H,25,26)/t18-/m1/s1.